The Morgan fingerprint density at radius 1 is 0.946 bits per heavy atom. The lowest BCUT2D eigenvalue weighted by atomic mass is 9.87. The van der Waals surface area contributed by atoms with Gasteiger partial charge in [0.2, 0.25) is 15.9 Å². The fraction of sp³-hybridized carbons (Fsp3) is 0.381. The maximum Gasteiger partial charge on any atom is 0.450 e. The van der Waals surface area contributed by atoms with Crippen molar-refractivity contribution in [3.63, 3.8) is 0 Å². The van der Waals surface area contributed by atoms with Crippen LogP contribution in [0, 0.1) is 16.0 Å². The van der Waals surface area contributed by atoms with Crippen molar-refractivity contribution < 1.29 is 34.9 Å². The van der Waals surface area contributed by atoms with Crippen molar-refractivity contribution in [2.45, 2.75) is 54.2 Å². The van der Waals surface area contributed by atoms with Gasteiger partial charge in [0, 0.05) is 12.1 Å². The summed E-state index contributed by atoms with van der Waals surface area (Å²) in [7, 11) is -7.98. The van der Waals surface area contributed by atoms with Crippen molar-refractivity contribution in [1.29, 1.82) is 0 Å². The number of alkyl halides is 3. The van der Waals surface area contributed by atoms with Gasteiger partial charge in [0.15, 0.2) is 0 Å². The second-order valence-corrected chi connectivity index (χ2v) is 11.9. The number of hydrogen-bond acceptors (Lipinski definition) is 8. The Bertz CT molecular complexity index is 1460. The molecule has 1 atom stereocenters. The predicted molar refractivity (Wildman–Crippen MR) is 128 cm³/mol. The van der Waals surface area contributed by atoms with Gasteiger partial charge in [0.05, 0.1) is 22.5 Å². The van der Waals surface area contributed by atoms with Crippen molar-refractivity contribution in [1.82, 2.24) is 4.72 Å². The first-order valence-electron chi connectivity index (χ1n) is 11.1. The zero-order chi connectivity index (χ0) is 27.0. The van der Waals surface area contributed by atoms with Crippen LogP contribution in [0.4, 0.5) is 30.2 Å². The summed E-state index contributed by atoms with van der Waals surface area (Å²) in [5, 5.41) is 15.9. The molecule has 0 amide bonds. The molecule has 3 N–H and O–H groups in total. The summed E-state index contributed by atoms with van der Waals surface area (Å²) in [4.78, 5) is 9.87. The molecule has 1 saturated carbocycles. The Kier molecular flexibility index (Phi) is 7.18. The summed E-state index contributed by atoms with van der Waals surface area (Å²) in [5.41, 5.74) is 0.0942. The molecule has 0 saturated heterocycles. The quantitative estimate of drug-likeness (QED) is 0.367. The zero-order valence-corrected chi connectivity index (χ0v) is 20.7. The molecule has 2 aromatic carbocycles. The molecule has 16 heteroatoms. The van der Waals surface area contributed by atoms with E-state index in [-0.39, 0.29) is 33.2 Å². The highest BCUT2D eigenvalue weighted by Gasteiger charge is 2.41. The number of anilines is 2. The van der Waals surface area contributed by atoms with Crippen molar-refractivity contribution in [3.8, 4) is 0 Å². The molecule has 0 radical (unpaired) electrons. The normalized spacial score (nSPS) is 22.0. The van der Waals surface area contributed by atoms with Crippen LogP contribution in [0.25, 0.3) is 0 Å². The summed E-state index contributed by atoms with van der Waals surface area (Å²) in [6.07, 6.45) is 0.240. The van der Waals surface area contributed by atoms with Crippen LogP contribution in [-0.4, -0.2) is 39.9 Å². The first-order valence-corrected chi connectivity index (χ1v) is 14.1. The van der Waals surface area contributed by atoms with Gasteiger partial charge in [-0.1, -0.05) is 31.4 Å². The summed E-state index contributed by atoms with van der Waals surface area (Å²) in [6.45, 7) is 0. The molecule has 37 heavy (non-hydrogen) atoms. The maximum absolute atomic E-state index is 12.3. The second-order valence-electron chi connectivity index (χ2n) is 8.61. The van der Waals surface area contributed by atoms with E-state index < -0.39 is 37.0 Å². The van der Waals surface area contributed by atoms with E-state index in [4.69, 9.17) is 0 Å². The van der Waals surface area contributed by atoms with Crippen LogP contribution < -0.4 is 15.4 Å². The number of halogens is 3. The van der Waals surface area contributed by atoms with Crippen molar-refractivity contribution >= 4 is 42.9 Å². The molecule has 1 fully saturated rings. The van der Waals surface area contributed by atoms with Gasteiger partial charge in [-0.05, 0) is 37.0 Å². The number of non-ortho nitro benzene ring substituents is 1. The highest BCUT2D eigenvalue weighted by Crippen LogP contribution is 2.35. The minimum absolute atomic E-state index is 0.0521. The fourth-order valence-electron chi connectivity index (χ4n) is 4.31. The van der Waals surface area contributed by atoms with E-state index in [0.717, 1.165) is 31.7 Å². The molecule has 0 aromatic heterocycles. The Morgan fingerprint density at radius 2 is 1.62 bits per heavy atom. The number of hydrogen-bond donors (Lipinski definition) is 3. The molecule has 1 aliphatic carbocycles. The van der Waals surface area contributed by atoms with Crippen LogP contribution in [0.5, 0.6) is 0 Å². The fourth-order valence-corrected chi connectivity index (χ4v) is 6.85. The Balaban J connectivity index is 0.000000180. The highest BCUT2D eigenvalue weighted by atomic mass is 32.2. The third-order valence-corrected chi connectivity index (χ3v) is 8.89. The lowest BCUT2D eigenvalue weighted by Gasteiger charge is -2.35. The summed E-state index contributed by atoms with van der Waals surface area (Å²) in [5.74, 6) is -1.26. The lowest BCUT2D eigenvalue weighted by molar-refractivity contribution is -0.385. The van der Waals surface area contributed by atoms with Crippen LogP contribution in [0.15, 0.2) is 56.7 Å². The summed E-state index contributed by atoms with van der Waals surface area (Å²) in [6, 6.07) is 9.17. The Hall–Kier alpha value is -3.24. The van der Waals surface area contributed by atoms with E-state index in [1.54, 1.807) is 0 Å². The molecular formula is C21H22F3N5O6S2. The van der Waals surface area contributed by atoms with Crippen molar-refractivity contribution in [2.24, 2.45) is 10.3 Å². The molecular weight excluding hydrogens is 539 g/mol. The number of rotatable bonds is 2. The number of nitrogens with one attached hydrogen (secondary N) is 3. The first kappa shape index (κ1) is 26.8. The van der Waals surface area contributed by atoms with E-state index in [9.17, 15) is 40.1 Å². The Labute approximate surface area is 210 Å². The topological polar surface area (TPSA) is 160 Å². The van der Waals surface area contributed by atoms with Gasteiger partial charge in [0.25, 0.3) is 15.7 Å². The largest absolute Gasteiger partial charge is 0.450 e. The molecule has 200 valence electrons. The SMILES string of the molecule is O=S1(=O)N=C(C(F)(F)F)Nc2ccccc21.O=[N+]([O-])c1ccc2c(c1)S(=O)(=O)NC(C1CCCCC1)N2. The number of fused-ring (bicyclic) bond motifs is 2. The number of sulfonamides is 2. The van der Waals surface area contributed by atoms with Crippen LogP contribution in [0.2, 0.25) is 0 Å². The van der Waals surface area contributed by atoms with E-state index in [1.165, 1.54) is 42.8 Å². The molecule has 1 unspecified atom stereocenters. The number of nitrogens with zero attached hydrogens (tertiary/aromatic N) is 2. The first-order chi connectivity index (χ1) is 17.3. The third kappa shape index (κ3) is 5.86. The molecule has 0 spiro atoms. The zero-order valence-electron chi connectivity index (χ0n) is 19.0. The van der Waals surface area contributed by atoms with Gasteiger partial charge < -0.3 is 10.6 Å². The number of para-hydroxylation sites is 1. The van der Waals surface area contributed by atoms with E-state index >= 15 is 0 Å². The van der Waals surface area contributed by atoms with Gasteiger partial charge in [-0.25, -0.2) is 8.42 Å². The number of nitro groups is 1. The summed E-state index contributed by atoms with van der Waals surface area (Å²) >= 11 is 0. The molecule has 5 rings (SSSR count). The number of nitro benzene ring substituents is 1. The van der Waals surface area contributed by atoms with Crippen LogP contribution in [-0.2, 0) is 20.0 Å². The van der Waals surface area contributed by atoms with Crippen LogP contribution in [0.3, 0.4) is 0 Å². The second kappa shape index (κ2) is 9.90. The van der Waals surface area contributed by atoms with Gasteiger partial charge in [0.1, 0.15) is 9.79 Å². The molecule has 2 aliphatic heterocycles. The van der Waals surface area contributed by atoms with Gasteiger partial charge >= 0.3 is 6.18 Å². The minimum atomic E-state index is -4.82. The average Bonchev–Trinajstić information content (AvgIpc) is 2.83. The van der Waals surface area contributed by atoms with E-state index in [1.807, 2.05) is 5.32 Å². The van der Waals surface area contributed by atoms with Gasteiger partial charge in [-0.15, -0.1) is 4.40 Å². The van der Waals surface area contributed by atoms with E-state index in [0.29, 0.717) is 5.69 Å². The smallest absolute Gasteiger partial charge is 0.368 e. The lowest BCUT2D eigenvalue weighted by Crippen LogP contribution is -2.49. The monoisotopic (exact) mass is 561 g/mol. The van der Waals surface area contributed by atoms with Gasteiger partial charge in [-0.3, -0.25) is 10.1 Å². The average molecular weight is 562 g/mol. The molecule has 3 aliphatic rings. The molecule has 0 bridgehead atoms. The number of benzene rings is 2. The van der Waals surface area contributed by atoms with Crippen LogP contribution in [0.1, 0.15) is 32.1 Å². The van der Waals surface area contributed by atoms with E-state index in [2.05, 4.69) is 14.4 Å². The predicted octanol–water partition coefficient (Wildman–Crippen LogP) is 3.97. The summed E-state index contributed by atoms with van der Waals surface area (Å²) < 4.78 is 89.7. The standard InChI is InChI=1S/C13H17N3O4S.C8H5F3N2O2S/c17-16(18)10-6-7-11-12(8-10)21(19,20)15-13(14-11)9-4-2-1-3-5-9;9-8(10,11)7-12-5-3-1-2-4-6(5)16(14,15)13-7/h6-9,13-15H,1-5H2;1-4H,(H,12,13). The Morgan fingerprint density at radius 3 is 2.27 bits per heavy atom. The number of amidine groups is 1. The third-order valence-electron chi connectivity index (χ3n) is 6.08. The minimum Gasteiger partial charge on any atom is -0.368 e. The van der Waals surface area contributed by atoms with Crippen LogP contribution >= 0.6 is 0 Å². The highest BCUT2D eigenvalue weighted by molar-refractivity contribution is 7.90. The molecule has 2 aromatic rings. The maximum atomic E-state index is 12.3. The molecule has 11 nitrogen and oxygen atoms in total. The molecule has 2 heterocycles. The van der Waals surface area contributed by atoms with Crippen molar-refractivity contribution in [3.05, 3.63) is 52.6 Å². The van der Waals surface area contributed by atoms with Crippen molar-refractivity contribution in [2.75, 3.05) is 10.6 Å². The van der Waals surface area contributed by atoms with Gasteiger partial charge in [-0.2, -0.15) is 26.3 Å².